The van der Waals surface area contributed by atoms with Gasteiger partial charge in [-0.1, -0.05) is 0 Å². The van der Waals surface area contributed by atoms with Crippen LogP contribution >= 0.6 is 0 Å². The molecular weight excluding hydrogens is 194 g/mol. The Labute approximate surface area is 78.0 Å². The van der Waals surface area contributed by atoms with Crippen molar-refractivity contribution in [2.75, 3.05) is 0 Å². The van der Waals surface area contributed by atoms with Crippen molar-refractivity contribution in [3.63, 3.8) is 0 Å². The standard InChI is InChI=1S/C9H6F2O3/c1-4(12)5-2-3-6(9(13)14)8(11)7(5)10/h2-3H,1H3,(H,13,14). The highest BCUT2D eigenvalue weighted by atomic mass is 19.2. The number of carboxylic acids is 1. The molecule has 0 aromatic heterocycles. The Morgan fingerprint density at radius 2 is 1.57 bits per heavy atom. The van der Waals surface area contributed by atoms with Crippen LogP contribution in [0.4, 0.5) is 8.78 Å². The lowest BCUT2D eigenvalue weighted by Crippen LogP contribution is -2.07. The highest BCUT2D eigenvalue weighted by molar-refractivity contribution is 5.96. The Hall–Kier alpha value is -1.78. The van der Waals surface area contributed by atoms with Gasteiger partial charge in [0.15, 0.2) is 17.4 Å². The molecule has 0 radical (unpaired) electrons. The normalized spacial score (nSPS) is 9.93. The van der Waals surface area contributed by atoms with E-state index in [0.29, 0.717) is 0 Å². The molecule has 3 nitrogen and oxygen atoms in total. The second-order valence-electron chi connectivity index (χ2n) is 2.65. The van der Waals surface area contributed by atoms with Crippen LogP contribution in [0.15, 0.2) is 12.1 Å². The summed E-state index contributed by atoms with van der Waals surface area (Å²) in [5.74, 6) is -5.16. The summed E-state index contributed by atoms with van der Waals surface area (Å²) in [5.41, 5.74) is -1.24. The number of carbonyl (C=O) groups excluding carboxylic acids is 1. The molecule has 0 spiro atoms. The molecule has 1 N–H and O–H groups in total. The lowest BCUT2D eigenvalue weighted by atomic mass is 10.1. The summed E-state index contributed by atoms with van der Waals surface area (Å²) in [5, 5.41) is 8.43. The maximum absolute atomic E-state index is 13.0. The minimum absolute atomic E-state index is 0.451. The summed E-state index contributed by atoms with van der Waals surface area (Å²) in [6.07, 6.45) is 0. The zero-order chi connectivity index (χ0) is 10.9. The maximum Gasteiger partial charge on any atom is 0.338 e. The number of benzene rings is 1. The maximum atomic E-state index is 13.0. The first-order valence-electron chi connectivity index (χ1n) is 3.67. The van der Waals surface area contributed by atoms with Gasteiger partial charge in [0, 0.05) is 0 Å². The third-order valence-electron chi connectivity index (χ3n) is 1.69. The molecule has 0 saturated heterocycles. The minimum atomic E-state index is -1.57. The third kappa shape index (κ3) is 1.61. The highest BCUT2D eigenvalue weighted by Gasteiger charge is 2.19. The number of halogens is 2. The molecule has 0 aliphatic carbocycles. The van der Waals surface area contributed by atoms with Crippen LogP contribution in [0.1, 0.15) is 27.6 Å². The topological polar surface area (TPSA) is 54.4 Å². The Kier molecular flexibility index (Phi) is 2.60. The molecule has 0 unspecified atom stereocenters. The van der Waals surface area contributed by atoms with Crippen molar-refractivity contribution >= 4 is 11.8 Å². The molecular formula is C9H6F2O3. The van der Waals surface area contributed by atoms with Crippen LogP contribution < -0.4 is 0 Å². The van der Waals surface area contributed by atoms with Crippen molar-refractivity contribution in [2.24, 2.45) is 0 Å². The summed E-state index contributed by atoms with van der Waals surface area (Å²) in [6.45, 7) is 1.07. The monoisotopic (exact) mass is 200 g/mol. The van der Waals surface area contributed by atoms with Crippen LogP contribution in [-0.4, -0.2) is 16.9 Å². The smallest absolute Gasteiger partial charge is 0.338 e. The van der Waals surface area contributed by atoms with E-state index in [2.05, 4.69) is 0 Å². The Balaban J connectivity index is 3.41. The Morgan fingerprint density at radius 3 is 2.00 bits per heavy atom. The van der Waals surface area contributed by atoms with E-state index in [1.54, 1.807) is 0 Å². The molecule has 0 aliphatic heterocycles. The van der Waals surface area contributed by atoms with E-state index in [4.69, 9.17) is 5.11 Å². The van der Waals surface area contributed by atoms with Crippen LogP contribution in [0, 0.1) is 11.6 Å². The number of Topliss-reactive ketones (excluding diaryl/α,β-unsaturated/α-hetero) is 1. The average molecular weight is 200 g/mol. The predicted molar refractivity (Wildman–Crippen MR) is 43.3 cm³/mol. The number of aromatic carboxylic acids is 1. The fraction of sp³-hybridized carbons (Fsp3) is 0.111. The number of ketones is 1. The molecule has 5 heteroatoms. The number of hydrogen-bond acceptors (Lipinski definition) is 2. The highest BCUT2D eigenvalue weighted by Crippen LogP contribution is 2.16. The van der Waals surface area contributed by atoms with Gasteiger partial charge < -0.3 is 5.11 Å². The van der Waals surface area contributed by atoms with Gasteiger partial charge in [0.1, 0.15) is 0 Å². The first-order chi connectivity index (χ1) is 6.45. The molecule has 0 heterocycles. The van der Waals surface area contributed by atoms with Crippen molar-refractivity contribution in [3.8, 4) is 0 Å². The summed E-state index contributed by atoms with van der Waals surface area (Å²) in [7, 11) is 0. The molecule has 74 valence electrons. The van der Waals surface area contributed by atoms with Crippen LogP contribution in [0.25, 0.3) is 0 Å². The molecule has 1 rings (SSSR count). The number of carbonyl (C=O) groups is 2. The summed E-state index contributed by atoms with van der Waals surface area (Å²) >= 11 is 0. The van der Waals surface area contributed by atoms with Gasteiger partial charge in [0.05, 0.1) is 11.1 Å². The molecule has 0 amide bonds. The quantitative estimate of drug-likeness (QED) is 0.741. The second-order valence-corrected chi connectivity index (χ2v) is 2.65. The fourth-order valence-corrected chi connectivity index (χ4v) is 0.987. The van der Waals surface area contributed by atoms with Crippen molar-refractivity contribution in [1.82, 2.24) is 0 Å². The molecule has 0 fully saturated rings. The fourth-order valence-electron chi connectivity index (χ4n) is 0.987. The Morgan fingerprint density at radius 1 is 1.14 bits per heavy atom. The van der Waals surface area contributed by atoms with Gasteiger partial charge in [0.25, 0.3) is 0 Å². The molecule has 0 aliphatic rings. The van der Waals surface area contributed by atoms with E-state index in [1.165, 1.54) is 0 Å². The van der Waals surface area contributed by atoms with Gasteiger partial charge in [-0.05, 0) is 19.1 Å². The van der Waals surface area contributed by atoms with Crippen molar-refractivity contribution in [3.05, 3.63) is 34.9 Å². The largest absolute Gasteiger partial charge is 0.478 e. The van der Waals surface area contributed by atoms with Crippen molar-refractivity contribution in [2.45, 2.75) is 6.92 Å². The molecule has 0 saturated carbocycles. The van der Waals surface area contributed by atoms with Crippen LogP contribution in [0.3, 0.4) is 0 Å². The van der Waals surface area contributed by atoms with Gasteiger partial charge in [-0.25, -0.2) is 13.6 Å². The zero-order valence-corrected chi connectivity index (χ0v) is 7.17. The molecule has 14 heavy (non-hydrogen) atoms. The summed E-state index contributed by atoms with van der Waals surface area (Å²) in [6, 6.07) is 1.81. The van der Waals surface area contributed by atoms with E-state index in [9.17, 15) is 18.4 Å². The molecule has 1 aromatic rings. The third-order valence-corrected chi connectivity index (χ3v) is 1.69. The van der Waals surface area contributed by atoms with Gasteiger partial charge in [0.2, 0.25) is 0 Å². The SMILES string of the molecule is CC(=O)c1ccc(C(=O)O)c(F)c1F. The second kappa shape index (κ2) is 3.53. The lowest BCUT2D eigenvalue weighted by molar-refractivity contribution is 0.0689. The molecule has 0 atom stereocenters. The summed E-state index contributed by atoms with van der Waals surface area (Å²) in [4.78, 5) is 21.1. The van der Waals surface area contributed by atoms with Crippen molar-refractivity contribution in [1.29, 1.82) is 0 Å². The van der Waals surface area contributed by atoms with Gasteiger partial charge in [-0.15, -0.1) is 0 Å². The van der Waals surface area contributed by atoms with Gasteiger partial charge in [-0.2, -0.15) is 0 Å². The predicted octanol–water partition coefficient (Wildman–Crippen LogP) is 1.87. The van der Waals surface area contributed by atoms with E-state index in [0.717, 1.165) is 19.1 Å². The van der Waals surface area contributed by atoms with E-state index >= 15 is 0 Å². The average Bonchev–Trinajstić information content (AvgIpc) is 2.08. The van der Waals surface area contributed by atoms with E-state index < -0.39 is 34.5 Å². The zero-order valence-electron chi connectivity index (χ0n) is 7.17. The first-order valence-corrected chi connectivity index (χ1v) is 3.67. The van der Waals surface area contributed by atoms with Crippen molar-refractivity contribution < 1.29 is 23.5 Å². The van der Waals surface area contributed by atoms with E-state index in [-0.39, 0.29) is 0 Å². The molecule has 1 aromatic carbocycles. The molecule has 0 bridgehead atoms. The Bertz CT molecular complexity index is 374. The lowest BCUT2D eigenvalue weighted by Gasteiger charge is -2.02. The van der Waals surface area contributed by atoms with Crippen LogP contribution in [0.5, 0.6) is 0 Å². The van der Waals surface area contributed by atoms with Gasteiger partial charge >= 0.3 is 5.97 Å². The first kappa shape index (κ1) is 10.3. The van der Waals surface area contributed by atoms with Crippen LogP contribution in [0.2, 0.25) is 0 Å². The number of rotatable bonds is 2. The van der Waals surface area contributed by atoms with Gasteiger partial charge in [-0.3, -0.25) is 4.79 Å². The summed E-state index contributed by atoms with van der Waals surface area (Å²) < 4.78 is 26.0. The van der Waals surface area contributed by atoms with E-state index in [1.807, 2.05) is 0 Å². The minimum Gasteiger partial charge on any atom is -0.478 e. The van der Waals surface area contributed by atoms with Crippen LogP contribution in [-0.2, 0) is 0 Å². The number of hydrogen-bond donors (Lipinski definition) is 1. The number of carboxylic acid groups (broad SMARTS) is 1.